The molecular weight excluding hydrogens is 278 g/mol. The predicted octanol–water partition coefficient (Wildman–Crippen LogP) is 2.25. The Bertz CT molecular complexity index is 537. The van der Waals surface area contributed by atoms with Crippen LogP contribution in [0.5, 0.6) is 0 Å². The molecule has 1 aliphatic heterocycles. The van der Waals surface area contributed by atoms with Crippen molar-refractivity contribution in [1.82, 2.24) is 4.90 Å². The SMILES string of the molecule is Cc1cc(Cl)ccc1C(=O)N1CCC(/C(N)=N/O)CC1. The van der Waals surface area contributed by atoms with Crippen LogP contribution in [0.25, 0.3) is 0 Å². The number of amides is 1. The molecule has 108 valence electrons. The molecule has 1 aliphatic rings. The number of likely N-dealkylation sites (tertiary alicyclic amines) is 1. The van der Waals surface area contributed by atoms with Crippen LogP contribution in [0, 0.1) is 12.8 Å². The van der Waals surface area contributed by atoms with E-state index in [1.54, 1.807) is 23.1 Å². The number of amidine groups is 1. The molecule has 20 heavy (non-hydrogen) atoms. The van der Waals surface area contributed by atoms with Crippen molar-refractivity contribution in [3.05, 3.63) is 34.3 Å². The third-order valence-electron chi connectivity index (χ3n) is 3.73. The van der Waals surface area contributed by atoms with Gasteiger partial charge in [0.2, 0.25) is 0 Å². The summed E-state index contributed by atoms with van der Waals surface area (Å²) >= 11 is 5.90. The van der Waals surface area contributed by atoms with E-state index in [0.717, 1.165) is 5.56 Å². The molecule has 0 saturated carbocycles. The Kier molecular flexibility index (Phi) is 4.49. The summed E-state index contributed by atoms with van der Waals surface area (Å²) in [7, 11) is 0. The molecule has 6 heteroatoms. The number of piperidine rings is 1. The van der Waals surface area contributed by atoms with Gasteiger partial charge >= 0.3 is 0 Å². The van der Waals surface area contributed by atoms with Crippen molar-refractivity contribution in [1.29, 1.82) is 0 Å². The summed E-state index contributed by atoms with van der Waals surface area (Å²) in [6, 6.07) is 5.28. The lowest BCUT2D eigenvalue weighted by atomic mass is 9.95. The van der Waals surface area contributed by atoms with Crippen molar-refractivity contribution in [2.24, 2.45) is 16.8 Å². The van der Waals surface area contributed by atoms with Crippen molar-refractivity contribution in [2.45, 2.75) is 19.8 Å². The normalized spacial score (nSPS) is 17.3. The molecule has 1 saturated heterocycles. The van der Waals surface area contributed by atoms with Crippen LogP contribution in [0.1, 0.15) is 28.8 Å². The van der Waals surface area contributed by atoms with Gasteiger partial charge in [-0.1, -0.05) is 16.8 Å². The Labute approximate surface area is 123 Å². The molecule has 3 N–H and O–H groups in total. The van der Waals surface area contributed by atoms with Gasteiger partial charge in [0, 0.05) is 29.6 Å². The van der Waals surface area contributed by atoms with Crippen molar-refractivity contribution in [3.63, 3.8) is 0 Å². The molecule has 0 aliphatic carbocycles. The van der Waals surface area contributed by atoms with Gasteiger partial charge in [0.15, 0.2) is 0 Å². The van der Waals surface area contributed by atoms with E-state index >= 15 is 0 Å². The van der Waals surface area contributed by atoms with E-state index in [1.165, 1.54) is 0 Å². The monoisotopic (exact) mass is 295 g/mol. The van der Waals surface area contributed by atoms with E-state index in [4.69, 9.17) is 22.5 Å². The Hall–Kier alpha value is -1.75. The molecule has 1 amide bonds. The number of carbonyl (C=O) groups is 1. The van der Waals surface area contributed by atoms with Crippen molar-refractivity contribution in [3.8, 4) is 0 Å². The van der Waals surface area contributed by atoms with Crippen LogP contribution in [-0.2, 0) is 0 Å². The minimum absolute atomic E-state index is 0.0112. The van der Waals surface area contributed by atoms with Gasteiger partial charge in [0.25, 0.3) is 5.91 Å². The smallest absolute Gasteiger partial charge is 0.254 e. The molecule has 2 rings (SSSR count). The van der Waals surface area contributed by atoms with E-state index in [2.05, 4.69) is 5.16 Å². The first-order chi connectivity index (χ1) is 9.52. The summed E-state index contributed by atoms with van der Waals surface area (Å²) in [5, 5.41) is 12.3. The minimum Gasteiger partial charge on any atom is -0.409 e. The first-order valence-corrected chi connectivity index (χ1v) is 6.93. The number of hydrogen-bond donors (Lipinski definition) is 2. The van der Waals surface area contributed by atoms with Gasteiger partial charge in [0.1, 0.15) is 5.84 Å². The fourth-order valence-electron chi connectivity index (χ4n) is 2.50. The Morgan fingerprint density at radius 2 is 2.10 bits per heavy atom. The lowest BCUT2D eigenvalue weighted by Gasteiger charge is -2.31. The third kappa shape index (κ3) is 3.04. The summed E-state index contributed by atoms with van der Waals surface area (Å²) < 4.78 is 0. The maximum Gasteiger partial charge on any atom is 0.254 e. The molecule has 0 unspecified atom stereocenters. The molecular formula is C14H18ClN3O2. The number of nitrogens with zero attached hydrogens (tertiary/aromatic N) is 2. The van der Waals surface area contributed by atoms with Crippen LogP contribution in [0.4, 0.5) is 0 Å². The van der Waals surface area contributed by atoms with Gasteiger partial charge in [-0.3, -0.25) is 4.79 Å². The molecule has 0 atom stereocenters. The minimum atomic E-state index is 0.0112. The number of hydrogen-bond acceptors (Lipinski definition) is 3. The van der Waals surface area contributed by atoms with E-state index in [9.17, 15) is 4.79 Å². The van der Waals surface area contributed by atoms with E-state index in [1.807, 2.05) is 6.92 Å². The number of benzene rings is 1. The van der Waals surface area contributed by atoms with E-state index < -0.39 is 0 Å². The first-order valence-electron chi connectivity index (χ1n) is 6.55. The quantitative estimate of drug-likeness (QED) is 0.380. The topological polar surface area (TPSA) is 78.9 Å². The number of nitrogens with two attached hydrogens (primary N) is 1. The van der Waals surface area contributed by atoms with Crippen LogP contribution in [-0.4, -0.2) is 34.9 Å². The van der Waals surface area contributed by atoms with Crippen molar-refractivity contribution >= 4 is 23.3 Å². The average Bonchev–Trinajstić information content (AvgIpc) is 2.46. The zero-order valence-electron chi connectivity index (χ0n) is 11.3. The summed E-state index contributed by atoms with van der Waals surface area (Å²) in [5.74, 6) is 0.312. The van der Waals surface area contributed by atoms with Crippen LogP contribution in [0.2, 0.25) is 5.02 Å². The highest BCUT2D eigenvalue weighted by molar-refractivity contribution is 6.30. The molecule has 1 fully saturated rings. The van der Waals surface area contributed by atoms with Gasteiger partial charge < -0.3 is 15.8 Å². The molecule has 1 aromatic rings. The number of rotatable bonds is 2. The maximum atomic E-state index is 12.4. The van der Waals surface area contributed by atoms with Crippen LogP contribution >= 0.6 is 11.6 Å². The molecule has 0 bridgehead atoms. The summed E-state index contributed by atoms with van der Waals surface area (Å²) in [6.07, 6.45) is 1.43. The second kappa shape index (κ2) is 6.13. The highest BCUT2D eigenvalue weighted by Crippen LogP contribution is 2.22. The first kappa shape index (κ1) is 14.7. The van der Waals surface area contributed by atoms with E-state index in [0.29, 0.717) is 36.5 Å². The summed E-state index contributed by atoms with van der Waals surface area (Å²) in [4.78, 5) is 14.3. The number of aryl methyl sites for hydroxylation is 1. The zero-order chi connectivity index (χ0) is 14.7. The molecule has 0 aromatic heterocycles. The largest absolute Gasteiger partial charge is 0.409 e. The molecule has 1 heterocycles. The molecule has 5 nitrogen and oxygen atoms in total. The second-order valence-corrected chi connectivity index (χ2v) is 5.49. The maximum absolute atomic E-state index is 12.4. The third-order valence-corrected chi connectivity index (χ3v) is 3.97. The predicted molar refractivity (Wildman–Crippen MR) is 78.2 cm³/mol. The van der Waals surface area contributed by atoms with Crippen LogP contribution in [0.15, 0.2) is 23.4 Å². The van der Waals surface area contributed by atoms with Gasteiger partial charge in [-0.25, -0.2) is 0 Å². The number of halogens is 1. The Morgan fingerprint density at radius 3 is 2.65 bits per heavy atom. The number of oxime groups is 1. The Morgan fingerprint density at radius 1 is 1.45 bits per heavy atom. The fourth-order valence-corrected chi connectivity index (χ4v) is 2.72. The van der Waals surface area contributed by atoms with Gasteiger partial charge in [-0.05, 0) is 43.5 Å². The lowest BCUT2D eigenvalue weighted by molar-refractivity contribution is 0.0708. The van der Waals surface area contributed by atoms with Crippen LogP contribution in [0.3, 0.4) is 0 Å². The van der Waals surface area contributed by atoms with Crippen LogP contribution < -0.4 is 5.73 Å². The van der Waals surface area contributed by atoms with Crippen molar-refractivity contribution in [2.75, 3.05) is 13.1 Å². The summed E-state index contributed by atoms with van der Waals surface area (Å²) in [6.45, 7) is 3.10. The Balaban J connectivity index is 2.05. The highest BCUT2D eigenvalue weighted by Gasteiger charge is 2.26. The second-order valence-electron chi connectivity index (χ2n) is 5.05. The molecule has 1 aromatic carbocycles. The standard InChI is InChI=1S/C14H18ClN3O2/c1-9-8-11(15)2-3-12(9)14(19)18-6-4-10(5-7-18)13(16)17-20/h2-3,8,10,20H,4-7H2,1H3,(H2,16,17). The summed E-state index contributed by atoms with van der Waals surface area (Å²) in [5.41, 5.74) is 7.16. The van der Waals surface area contributed by atoms with E-state index in [-0.39, 0.29) is 17.7 Å². The lowest BCUT2D eigenvalue weighted by Crippen LogP contribution is -2.42. The highest BCUT2D eigenvalue weighted by atomic mass is 35.5. The van der Waals surface area contributed by atoms with Gasteiger partial charge in [-0.15, -0.1) is 0 Å². The molecule has 0 radical (unpaired) electrons. The van der Waals surface area contributed by atoms with Crippen molar-refractivity contribution < 1.29 is 10.0 Å². The fraction of sp³-hybridized carbons (Fsp3) is 0.429. The average molecular weight is 296 g/mol. The zero-order valence-corrected chi connectivity index (χ0v) is 12.1. The van der Waals surface area contributed by atoms with Gasteiger partial charge in [-0.2, -0.15) is 0 Å². The molecule has 0 spiro atoms. The van der Waals surface area contributed by atoms with Gasteiger partial charge in [0.05, 0.1) is 0 Å². The number of carbonyl (C=O) groups excluding carboxylic acids is 1.